The zero-order valence-electron chi connectivity index (χ0n) is 7.05. The van der Waals surface area contributed by atoms with E-state index in [-0.39, 0.29) is 0 Å². The van der Waals surface area contributed by atoms with Gasteiger partial charge in [0, 0.05) is 6.42 Å². The molecule has 0 aromatic carbocycles. The van der Waals surface area contributed by atoms with Gasteiger partial charge in [0.05, 0.1) is 0 Å². The van der Waals surface area contributed by atoms with Gasteiger partial charge in [-0.2, -0.15) is 0 Å². The SMILES string of the molecule is C[C@@H]1CCCC[C@@H]1CC(=O)O. The molecule has 0 unspecified atom stereocenters. The average molecular weight is 156 g/mol. The summed E-state index contributed by atoms with van der Waals surface area (Å²) in [7, 11) is 0. The van der Waals surface area contributed by atoms with Crippen LogP contribution in [0.3, 0.4) is 0 Å². The standard InChI is InChI=1S/C9H16O2/c1-7-4-2-3-5-8(7)6-9(10)11/h7-8H,2-6H2,1H3,(H,10,11)/t7-,8-/m1/s1. The Labute approximate surface area is 67.6 Å². The van der Waals surface area contributed by atoms with Gasteiger partial charge in [0.2, 0.25) is 0 Å². The lowest BCUT2D eigenvalue weighted by Crippen LogP contribution is -2.19. The van der Waals surface area contributed by atoms with Crippen LogP contribution in [-0.4, -0.2) is 11.1 Å². The Morgan fingerprint density at radius 1 is 1.45 bits per heavy atom. The van der Waals surface area contributed by atoms with Crippen LogP contribution in [-0.2, 0) is 4.79 Å². The Kier molecular flexibility index (Phi) is 2.92. The van der Waals surface area contributed by atoms with E-state index in [1.54, 1.807) is 0 Å². The maximum Gasteiger partial charge on any atom is 0.303 e. The van der Waals surface area contributed by atoms with E-state index in [1.807, 2.05) is 0 Å². The van der Waals surface area contributed by atoms with E-state index in [2.05, 4.69) is 6.92 Å². The lowest BCUT2D eigenvalue weighted by atomic mass is 9.79. The summed E-state index contributed by atoms with van der Waals surface area (Å²) in [6.45, 7) is 2.17. The molecule has 0 aromatic rings. The molecule has 2 atom stereocenters. The Hall–Kier alpha value is -0.530. The van der Waals surface area contributed by atoms with Crippen molar-refractivity contribution in [2.24, 2.45) is 11.8 Å². The van der Waals surface area contributed by atoms with Crippen molar-refractivity contribution in [3.63, 3.8) is 0 Å². The summed E-state index contributed by atoms with van der Waals surface area (Å²) in [5.41, 5.74) is 0. The molecule has 1 aliphatic rings. The smallest absolute Gasteiger partial charge is 0.303 e. The second-order valence-electron chi connectivity index (χ2n) is 3.62. The number of aliphatic carboxylic acids is 1. The Bertz CT molecular complexity index is 142. The molecular formula is C9H16O2. The van der Waals surface area contributed by atoms with Crippen molar-refractivity contribution in [2.75, 3.05) is 0 Å². The van der Waals surface area contributed by atoms with Crippen molar-refractivity contribution >= 4 is 5.97 Å². The molecule has 1 fully saturated rings. The molecule has 2 nitrogen and oxygen atoms in total. The fraction of sp³-hybridized carbons (Fsp3) is 0.889. The van der Waals surface area contributed by atoms with E-state index in [1.165, 1.54) is 19.3 Å². The first-order chi connectivity index (χ1) is 5.20. The van der Waals surface area contributed by atoms with Crippen molar-refractivity contribution in [1.29, 1.82) is 0 Å². The summed E-state index contributed by atoms with van der Waals surface area (Å²) < 4.78 is 0. The minimum atomic E-state index is -0.635. The quantitative estimate of drug-likeness (QED) is 0.666. The van der Waals surface area contributed by atoms with Gasteiger partial charge in [0.15, 0.2) is 0 Å². The van der Waals surface area contributed by atoms with Crippen LogP contribution in [0, 0.1) is 11.8 Å². The van der Waals surface area contributed by atoms with Crippen LogP contribution in [0.1, 0.15) is 39.0 Å². The molecule has 2 heteroatoms. The highest BCUT2D eigenvalue weighted by Gasteiger charge is 2.22. The van der Waals surface area contributed by atoms with Gasteiger partial charge in [0.1, 0.15) is 0 Å². The van der Waals surface area contributed by atoms with Crippen molar-refractivity contribution in [3.05, 3.63) is 0 Å². The fourth-order valence-corrected chi connectivity index (χ4v) is 1.92. The lowest BCUT2D eigenvalue weighted by Gasteiger charge is -2.27. The average Bonchev–Trinajstić information content (AvgIpc) is 1.93. The van der Waals surface area contributed by atoms with Crippen LogP contribution in [0.15, 0.2) is 0 Å². The molecule has 1 aliphatic carbocycles. The largest absolute Gasteiger partial charge is 0.481 e. The predicted molar refractivity (Wildman–Crippen MR) is 43.4 cm³/mol. The zero-order chi connectivity index (χ0) is 8.27. The first-order valence-corrected chi connectivity index (χ1v) is 4.42. The molecule has 1 N–H and O–H groups in total. The van der Waals surface area contributed by atoms with Gasteiger partial charge < -0.3 is 5.11 Å². The maximum atomic E-state index is 10.4. The third-order valence-corrected chi connectivity index (χ3v) is 2.73. The highest BCUT2D eigenvalue weighted by atomic mass is 16.4. The molecule has 0 spiro atoms. The molecule has 0 aromatic heterocycles. The summed E-state index contributed by atoms with van der Waals surface area (Å²) >= 11 is 0. The minimum absolute atomic E-state index is 0.376. The first kappa shape index (κ1) is 8.57. The molecule has 64 valence electrons. The van der Waals surface area contributed by atoms with Crippen LogP contribution in [0.2, 0.25) is 0 Å². The molecule has 0 amide bonds. The van der Waals surface area contributed by atoms with E-state index < -0.39 is 5.97 Å². The highest BCUT2D eigenvalue weighted by molar-refractivity contribution is 5.67. The van der Waals surface area contributed by atoms with Gasteiger partial charge in [-0.3, -0.25) is 4.79 Å². The van der Waals surface area contributed by atoms with Crippen molar-refractivity contribution < 1.29 is 9.90 Å². The molecule has 0 saturated heterocycles. The molecule has 0 radical (unpaired) electrons. The van der Waals surface area contributed by atoms with E-state index in [0.717, 1.165) is 6.42 Å². The van der Waals surface area contributed by atoms with Crippen molar-refractivity contribution in [2.45, 2.75) is 39.0 Å². The summed E-state index contributed by atoms with van der Waals surface area (Å²) in [6, 6.07) is 0. The molecule has 0 bridgehead atoms. The van der Waals surface area contributed by atoms with Crippen LogP contribution in [0.25, 0.3) is 0 Å². The lowest BCUT2D eigenvalue weighted by molar-refractivity contribution is -0.138. The van der Waals surface area contributed by atoms with Gasteiger partial charge in [0.25, 0.3) is 0 Å². The van der Waals surface area contributed by atoms with Gasteiger partial charge in [-0.1, -0.05) is 26.2 Å². The Morgan fingerprint density at radius 2 is 2.09 bits per heavy atom. The van der Waals surface area contributed by atoms with Crippen LogP contribution in [0.5, 0.6) is 0 Å². The molecule has 1 rings (SSSR count). The number of rotatable bonds is 2. The normalized spacial score (nSPS) is 31.7. The Balaban J connectivity index is 2.35. The minimum Gasteiger partial charge on any atom is -0.481 e. The third kappa shape index (κ3) is 2.52. The van der Waals surface area contributed by atoms with Crippen molar-refractivity contribution in [3.8, 4) is 0 Å². The molecule has 0 heterocycles. The highest BCUT2D eigenvalue weighted by Crippen LogP contribution is 2.31. The molecule has 11 heavy (non-hydrogen) atoms. The number of carbonyl (C=O) groups is 1. The Morgan fingerprint density at radius 3 is 2.64 bits per heavy atom. The zero-order valence-corrected chi connectivity index (χ0v) is 7.05. The second kappa shape index (κ2) is 3.74. The predicted octanol–water partition coefficient (Wildman–Crippen LogP) is 2.29. The van der Waals surface area contributed by atoms with Gasteiger partial charge in [-0.25, -0.2) is 0 Å². The monoisotopic (exact) mass is 156 g/mol. The summed E-state index contributed by atoms with van der Waals surface area (Å²) in [5.74, 6) is 0.435. The summed E-state index contributed by atoms with van der Waals surface area (Å²) in [6.07, 6.45) is 5.23. The van der Waals surface area contributed by atoms with Gasteiger partial charge in [-0.05, 0) is 18.3 Å². The molecule has 0 aliphatic heterocycles. The number of carboxylic acid groups (broad SMARTS) is 1. The molecular weight excluding hydrogens is 140 g/mol. The fourth-order valence-electron chi connectivity index (χ4n) is 1.92. The summed E-state index contributed by atoms with van der Waals surface area (Å²) in [4.78, 5) is 10.4. The van der Waals surface area contributed by atoms with Crippen molar-refractivity contribution in [1.82, 2.24) is 0 Å². The molecule has 1 saturated carbocycles. The van der Waals surface area contributed by atoms with Crippen LogP contribution < -0.4 is 0 Å². The topological polar surface area (TPSA) is 37.3 Å². The number of carboxylic acids is 1. The third-order valence-electron chi connectivity index (χ3n) is 2.73. The first-order valence-electron chi connectivity index (χ1n) is 4.42. The van der Waals surface area contributed by atoms with E-state index in [9.17, 15) is 4.79 Å². The summed E-state index contributed by atoms with van der Waals surface area (Å²) in [5, 5.41) is 8.58. The van der Waals surface area contributed by atoms with Crippen LogP contribution in [0.4, 0.5) is 0 Å². The number of hydrogen-bond acceptors (Lipinski definition) is 1. The van der Waals surface area contributed by atoms with Crippen LogP contribution >= 0.6 is 0 Å². The van der Waals surface area contributed by atoms with Gasteiger partial charge >= 0.3 is 5.97 Å². The second-order valence-corrected chi connectivity index (χ2v) is 3.62. The van der Waals surface area contributed by atoms with E-state index >= 15 is 0 Å². The van der Waals surface area contributed by atoms with Gasteiger partial charge in [-0.15, -0.1) is 0 Å². The number of hydrogen-bond donors (Lipinski definition) is 1. The van der Waals surface area contributed by atoms with E-state index in [0.29, 0.717) is 18.3 Å². The van der Waals surface area contributed by atoms with E-state index in [4.69, 9.17) is 5.11 Å². The maximum absolute atomic E-state index is 10.4.